The minimum absolute atomic E-state index is 0.840. The zero-order valence-electron chi connectivity index (χ0n) is 10.9. The zero-order valence-corrected chi connectivity index (χ0v) is 12.5. The molecule has 0 bridgehead atoms. The molecule has 0 radical (unpaired) electrons. The summed E-state index contributed by atoms with van der Waals surface area (Å²) in [7, 11) is 2.11. The van der Waals surface area contributed by atoms with Gasteiger partial charge in [0.05, 0.1) is 11.0 Å². The largest absolute Gasteiger partial charge is 0.459 e. The van der Waals surface area contributed by atoms with Crippen LogP contribution in [-0.4, -0.2) is 31.6 Å². The molecule has 4 heteroatoms. The Morgan fingerprint density at radius 2 is 2.22 bits per heavy atom. The van der Waals surface area contributed by atoms with Gasteiger partial charge in [0.2, 0.25) is 0 Å². The first-order valence-electron chi connectivity index (χ1n) is 6.27. The van der Waals surface area contributed by atoms with E-state index in [9.17, 15) is 0 Å². The molecule has 0 aliphatic carbocycles. The predicted octanol–water partition coefficient (Wildman–Crippen LogP) is 3.24. The van der Waals surface area contributed by atoms with Crippen LogP contribution in [0.15, 0.2) is 33.2 Å². The van der Waals surface area contributed by atoms with Crippen molar-refractivity contribution in [3.63, 3.8) is 0 Å². The molecule has 0 aliphatic rings. The average molecular weight is 311 g/mol. The maximum atomic E-state index is 5.87. The van der Waals surface area contributed by atoms with Crippen LogP contribution >= 0.6 is 15.9 Å². The lowest BCUT2D eigenvalue weighted by Crippen LogP contribution is -2.28. The molecule has 1 aromatic carbocycles. The summed E-state index contributed by atoms with van der Waals surface area (Å²) in [6.45, 7) is 6.01. The Hall–Kier alpha value is -0.840. The van der Waals surface area contributed by atoms with E-state index in [1.165, 1.54) is 0 Å². The van der Waals surface area contributed by atoms with Gasteiger partial charge in [-0.25, -0.2) is 0 Å². The molecule has 1 N–H and O–H groups in total. The Kier molecular flexibility index (Phi) is 4.80. The van der Waals surface area contributed by atoms with Crippen molar-refractivity contribution in [1.82, 2.24) is 10.2 Å². The van der Waals surface area contributed by atoms with Crippen LogP contribution in [0.1, 0.15) is 12.7 Å². The quantitative estimate of drug-likeness (QED) is 0.830. The molecule has 0 saturated heterocycles. The summed E-state index contributed by atoms with van der Waals surface area (Å²) in [5.74, 6) is 1.01. The number of fused-ring (bicyclic) bond motifs is 1. The van der Waals surface area contributed by atoms with Gasteiger partial charge in [-0.2, -0.15) is 0 Å². The molecule has 3 nitrogen and oxygen atoms in total. The second kappa shape index (κ2) is 6.36. The standard InChI is InChI=1S/C14H19BrN2O/c1-3-16-7-8-17(2)10-12-9-11-5-4-6-13(15)14(11)18-12/h4-6,9,16H,3,7-8,10H2,1-2H3. The fraction of sp³-hybridized carbons (Fsp3) is 0.429. The number of hydrogen-bond acceptors (Lipinski definition) is 3. The molecule has 0 saturated carbocycles. The summed E-state index contributed by atoms with van der Waals surface area (Å²) in [4.78, 5) is 2.26. The topological polar surface area (TPSA) is 28.4 Å². The van der Waals surface area contributed by atoms with Gasteiger partial charge >= 0.3 is 0 Å². The molecule has 0 atom stereocenters. The molecule has 0 aliphatic heterocycles. The van der Waals surface area contributed by atoms with Gasteiger partial charge in [-0.05, 0) is 41.7 Å². The minimum atomic E-state index is 0.840. The van der Waals surface area contributed by atoms with Gasteiger partial charge in [-0.15, -0.1) is 0 Å². The molecular formula is C14H19BrN2O. The molecule has 18 heavy (non-hydrogen) atoms. The van der Waals surface area contributed by atoms with Crippen molar-refractivity contribution in [1.29, 1.82) is 0 Å². The first-order chi connectivity index (χ1) is 8.70. The fourth-order valence-electron chi connectivity index (χ4n) is 1.95. The lowest BCUT2D eigenvalue weighted by Gasteiger charge is -2.14. The van der Waals surface area contributed by atoms with Gasteiger partial charge in [0.15, 0.2) is 0 Å². The third-order valence-electron chi connectivity index (χ3n) is 2.89. The zero-order chi connectivity index (χ0) is 13.0. The maximum absolute atomic E-state index is 5.87. The molecule has 98 valence electrons. The summed E-state index contributed by atoms with van der Waals surface area (Å²) >= 11 is 3.51. The lowest BCUT2D eigenvalue weighted by molar-refractivity contribution is 0.299. The van der Waals surface area contributed by atoms with E-state index in [1.807, 2.05) is 12.1 Å². The van der Waals surface area contributed by atoms with Crippen molar-refractivity contribution in [3.05, 3.63) is 34.5 Å². The number of hydrogen-bond donors (Lipinski definition) is 1. The molecule has 1 aromatic heterocycles. The number of likely N-dealkylation sites (N-methyl/N-ethyl adjacent to an activating group) is 2. The normalized spacial score (nSPS) is 11.6. The van der Waals surface area contributed by atoms with Gasteiger partial charge < -0.3 is 9.73 Å². The number of halogens is 1. The van der Waals surface area contributed by atoms with Gasteiger partial charge in [-0.1, -0.05) is 19.1 Å². The van der Waals surface area contributed by atoms with Crippen molar-refractivity contribution < 1.29 is 4.42 Å². The summed E-state index contributed by atoms with van der Waals surface area (Å²) in [6.07, 6.45) is 0. The second-order valence-corrected chi connectivity index (χ2v) is 5.32. The number of para-hydroxylation sites is 1. The van der Waals surface area contributed by atoms with Crippen LogP contribution in [0.25, 0.3) is 11.0 Å². The number of nitrogens with zero attached hydrogens (tertiary/aromatic N) is 1. The highest BCUT2D eigenvalue weighted by Crippen LogP contribution is 2.27. The molecular weight excluding hydrogens is 292 g/mol. The van der Waals surface area contributed by atoms with Crippen LogP contribution in [0.2, 0.25) is 0 Å². The molecule has 0 spiro atoms. The summed E-state index contributed by atoms with van der Waals surface area (Å²) in [6, 6.07) is 8.22. The number of rotatable bonds is 6. The Balaban J connectivity index is 2.01. The molecule has 2 aromatic rings. The minimum Gasteiger partial charge on any atom is -0.459 e. The maximum Gasteiger partial charge on any atom is 0.148 e. The second-order valence-electron chi connectivity index (χ2n) is 4.46. The van der Waals surface area contributed by atoms with Gasteiger partial charge in [0.25, 0.3) is 0 Å². The van der Waals surface area contributed by atoms with Crippen LogP contribution in [0.5, 0.6) is 0 Å². The monoisotopic (exact) mass is 310 g/mol. The van der Waals surface area contributed by atoms with Crippen LogP contribution in [0, 0.1) is 0 Å². The molecule has 0 amide bonds. The Morgan fingerprint density at radius 3 is 2.94 bits per heavy atom. The lowest BCUT2D eigenvalue weighted by atomic mass is 10.2. The first kappa shape index (κ1) is 13.6. The summed E-state index contributed by atoms with van der Waals surface area (Å²) in [5.41, 5.74) is 0.938. The van der Waals surface area contributed by atoms with Crippen molar-refractivity contribution in [2.75, 3.05) is 26.7 Å². The first-order valence-corrected chi connectivity index (χ1v) is 7.06. The van der Waals surface area contributed by atoms with Crippen LogP contribution in [0.3, 0.4) is 0 Å². The molecule has 1 heterocycles. The third kappa shape index (κ3) is 3.34. The van der Waals surface area contributed by atoms with E-state index >= 15 is 0 Å². The van der Waals surface area contributed by atoms with Crippen molar-refractivity contribution in [3.8, 4) is 0 Å². The molecule has 0 fully saturated rings. The number of nitrogens with one attached hydrogen (secondary N) is 1. The Bertz CT molecular complexity index is 509. The average Bonchev–Trinajstić information content (AvgIpc) is 2.73. The van der Waals surface area contributed by atoms with Crippen LogP contribution in [-0.2, 0) is 6.54 Å². The highest BCUT2D eigenvalue weighted by atomic mass is 79.9. The summed E-state index contributed by atoms with van der Waals surface area (Å²) in [5, 5.41) is 4.47. The van der Waals surface area contributed by atoms with Gasteiger partial charge in [-0.3, -0.25) is 4.90 Å². The number of furan rings is 1. The van der Waals surface area contributed by atoms with Crippen LogP contribution in [0.4, 0.5) is 0 Å². The van der Waals surface area contributed by atoms with E-state index in [2.05, 4.69) is 52.3 Å². The van der Waals surface area contributed by atoms with E-state index in [0.29, 0.717) is 0 Å². The Labute approximate surface area is 116 Å². The predicted molar refractivity (Wildman–Crippen MR) is 78.8 cm³/mol. The van der Waals surface area contributed by atoms with E-state index in [-0.39, 0.29) is 0 Å². The number of benzene rings is 1. The fourth-order valence-corrected chi connectivity index (χ4v) is 2.41. The SMILES string of the molecule is CCNCCN(C)Cc1cc2cccc(Br)c2o1. The third-order valence-corrected chi connectivity index (χ3v) is 3.52. The van der Waals surface area contributed by atoms with Gasteiger partial charge in [0.1, 0.15) is 11.3 Å². The summed E-state index contributed by atoms with van der Waals surface area (Å²) < 4.78 is 6.88. The van der Waals surface area contributed by atoms with Crippen molar-refractivity contribution >= 4 is 26.9 Å². The van der Waals surface area contributed by atoms with Crippen molar-refractivity contribution in [2.45, 2.75) is 13.5 Å². The van der Waals surface area contributed by atoms with E-state index in [0.717, 1.165) is 47.4 Å². The van der Waals surface area contributed by atoms with E-state index in [1.54, 1.807) is 0 Å². The van der Waals surface area contributed by atoms with Crippen LogP contribution < -0.4 is 5.32 Å². The van der Waals surface area contributed by atoms with E-state index in [4.69, 9.17) is 4.42 Å². The molecule has 2 rings (SSSR count). The highest BCUT2D eigenvalue weighted by molar-refractivity contribution is 9.10. The van der Waals surface area contributed by atoms with E-state index < -0.39 is 0 Å². The highest BCUT2D eigenvalue weighted by Gasteiger charge is 2.08. The smallest absolute Gasteiger partial charge is 0.148 e. The van der Waals surface area contributed by atoms with Gasteiger partial charge in [0, 0.05) is 18.5 Å². The van der Waals surface area contributed by atoms with Crippen molar-refractivity contribution in [2.24, 2.45) is 0 Å². The Morgan fingerprint density at radius 1 is 1.39 bits per heavy atom. The molecule has 0 unspecified atom stereocenters.